The summed E-state index contributed by atoms with van der Waals surface area (Å²) in [5, 5.41) is 37.4. The smallest absolute Gasteiger partial charge is 0.275 e. The highest BCUT2D eigenvalue weighted by Gasteiger charge is 2.39. The van der Waals surface area contributed by atoms with Gasteiger partial charge in [-0.3, -0.25) is 4.79 Å². The first-order valence-corrected chi connectivity index (χ1v) is 12.2. The van der Waals surface area contributed by atoms with Gasteiger partial charge in [0.2, 0.25) is 0 Å². The van der Waals surface area contributed by atoms with Crippen LogP contribution in [0, 0.1) is 12.3 Å². The Hall–Kier alpha value is -3.99. The maximum Gasteiger partial charge on any atom is 0.275 e. The summed E-state index contributed by atoms with van der Waals surface area (Å²) in [6.45, 7) is 7.61. The number of amides is 1. The van der Waals surface area contributed by atoms with Crippen molar-refractivity contribution in [3.8, 4) is 12.3 Å². The highest BCUT2D eigenvalue weighted by molar-refractivity contribution is 5.93. The van der Waals surface area contributed by atoms with Crippen molar-refractivity contribution < 1.29 is 14.5 Å². The van der Waals surface area contributed by atoms with Gasteiger partial charge >= 0.3 is 0 Å². The standard InChI is InChI=1S/C23H29N11O3/c1-5-6-8-23(30-31-23)9-10-24-20(36)16-15(28-37-29-16)13-34-19-17(27-32-34)18(33-11-7-14(35)12-33)25-21(26-19)22(2,3)4/h1,14,35H,6-13H2,2-4H3,(H,24,36)/t14-/m0/s1. The van der Waals surface area contributed by atoms with Crippen molar-refractivity contribution in [2.75, 3.05) is 24.5 Å². The lowest BCUT2D eigenvalue weighted by atomic mass is 9.96. The van der Waals surface area contributed by atoms with E-state index in [1.165, 1.54) is 0 Å². The molecule has 5 rings (SSSR count). The number of carbonyl (C=O) groups excluding carboxylic acids is 1. The van der Waals surface area contributed by atoms with E-state index in [1.54, 1.807) is 4.68 Å². The normalized spacial score (nSPS) is 18.4. The molecule has 2 N–H and O–H groups in total. The number of nitrogens with one attached hydrogen (secondary N) is 1. The third-order valence-electron chi connectivity index (χ3n) is 6.41. The van der Waals surface area contributed by atoms with Gasteiger partial charge in [0.05, 0.1) is 12.6 Å². The van der Waals surface area contributed by atoms with E-state index in [4.69, 9.17) is 21.0 Å². The number of carbonyl (C=O) groups is 1. The molecule has 2 aliphatic rings. The average Bonchev–Trinajstić information content (AvgIpc) is 3.19. The Balaban J connectivity index is 1.35. The molecular weight excluding hydrogens is 478 g/mol. The third kappa shape index (κ3) is 5.12. The largest absolute Gasteiger partial charge is 0.391 e. The molecule has 1 saturated heterocycles. The minimum Gasteiger partial charge on any atom is -0.391 e. The summed E-state index contributed by atoms with van der Waals surface area (Å²) in [5.41, 5.74) is 0.531. The Morgan fingerprint density at radius 3 is 2.76 bits per heavy atom. The van der Waals surface area contributed by atoms with Crippen LogP contribution in [0.2, 0.25) is 0 Å². The minimum absolute atomic E-state index is 0.0546. The van der Waals surface area contributed by atoms with Crippen LogP contribution in [0.4, 0.5) is 5.82 Å². The number of terminal acetylenes is 1. The molecule has 5 heterocycles. The fourth-order valence-corrected chi connectivity index (χ4v) is 4.19. The Labute approximate surface area is 212 Å². The van der Waals surface area contributed by atoms with Gasteiger partial charge in [-0.2, -0.15) is 10.2 Å². The lowest BCUT2D eigenvalue weighted by Gasteiger charge is -2.21. The van der Waals surface area contributed by atoms with E-state index >= 15 is 0 Å². The van der Waals surface area contributed by atoms with E-state index in [0.717, 1.165) is 0 Å². The molecule has 14 nitrogen and oxygen atoms in total. The van der Waals surface area contributed by atoms with Gasteiger partial charge in [0, 0.05) is 44.3 Å². The van der Waals surface area contributed by atoms with E-state index in [-0.39, 0.29) is 17.7 Å². The number of rotatable bonds is 9. The van der Waals surface area contributed by atoms with Gasteiger partial charge < -0.3 is 15.3 Å². The van der Waals surface area contributed by atoms with Gasteiger partial charge in [-0.25, -0.2) is 19.3 Å². The van der Waals surface area contributed by atoms with Gasteiger partial charge in [0.15, 0.2) is 28.3 Å². The second-order valence-corrected chi connectivity index (χ2v) is 10.4. The van der Waals surface area contributed by atoms with Gasteiger partial charge in [0.25, 0.3) is 5.91 Å². The summed E-state index contributed by atoms with van der Waals surface area (Å²) in [6.07, 6.45) is 7.34. The first-order chi connectivity index (χ1) is 17.7. The highest BCUT2D eigenvalue weighted by Crippen LogP contribution is 2.36. The summed E-state index contributed by atoms with van der Waals surface area (Å²) in [5.74, 6) is 3.40. The number of nitrogens with zero attached hydrogens (tertiary/aromatic N) is 10. The Morgan fingerprint density at radius 2 is 2.08 bits per heavy atom. The maximum absolute atomic E-state index is 12.8. The van der Waals surface area contributed by atoms with E-state index in [0.29, 0.717) is 73.8 Å². The van der Waals surface area contributed by atoms with Crippen LogP contribution in [0.25, 0.3) is 11.2 Å². The predicted molar refractivity (Wildman–Crippen MR) is 131 cm³/mol. The van der Waals surface area contributed by atoms with Crippen LogP contribution >= 0.6 is 0 Å². The van der Waals surface area contributed by atoms with Crippen LogP contribution in [-0.4, -0.2) is 77.7 Å². The molecule has 194 valence electrons. The fourth-order valence-electron chi connectivity index (χ4n) is 4.19. The topological polar surface area (TPSA) is 173 Å². The molecule has 2 aliphatic heterocycles. The summed E-state index contributed by atoms with van der Waals surface area (Å²) in [4.78, 5) is 24.3. The number of aliphatic hydroxyl groups is 1. The Bertz CT molecular complexity index is 1370. The van der Waals surface area contributed by atoms with Gasteiger partial charge in [-0.15, -0.1) is 17.4 Å². The summed E-state index contributed by atoms with van der Waals surface area (Å²) in [6, 6.07) is 0. The molecule has 0 bridgehead atoms. The molecule has 0 spiro atoms. The second kappa shape index (κ2) is 9.47. The molecule has 1 atom stereocenters. The average molecular weight is 508 g/mol. The number of β-amino-alcohol motifs (C(OH)–C–C–N with tert-alkyl or cyclic N) is 1. The second-order valence-electron chi connectivity index (χ2n) is 10.4. The van der Waals surface area contributed by atoms with Crippen LogP contribution in [0.1, 0.15) is 68.5 Å². The van der Waals surface area contributed by atoms with Crippen LogP contribution < -0.4 is 10.2 Å². The molecule has 0 aliphatic carbocycles. The number of hydrogen-bond donors (Lipinski definition) is 2. The molecule has 0 saturated carbocycles. The molecule has 0 radical (unpaired) electrons. The zero-order valence-corrected chi connectivity index (χ0v) is 21.0. The van der Waals surface area contributed by atoms with E-state index in [9.17, 15) is 9.90 Å². The number of anilines is 1. The van der Waals surface area contributed by atoms with Crippen molar-refractivity contribution in [1.29, 1.82) is 0 Å². The third-order valence-corrected chi connectivity index (χ3v) is 6.41. The molecule has 0 aromatic carbocycles. The lowest BCUT2D eigenvalue weighted by molar-refractivity contribution is 0.0941. The number of aromatic nitrogens is 7. The predicted octanol–water partition coefficient (Wildman–Crippen LogP) is 1.22. The zero-order chi connectivity index (χ0) is 26.2. The summed E-state index contributed by atoms with van der Waals surface area (Å²) < 4.78 is 6.44. The van der Waals surface area contributed by atoms with Gasteiger partial charge in [-0.05, 0) is 11.6 Å². The molecule has 1 fully saturated rings. The zero-order valence-electron chi connectivity index (χ0n) is 21.0. The molecule has 3 aromatic heterocycles. The van der Waals surface area contributed by atoms with Crippen molar-refractivity contribution in [2.24, 2.45) is 10.2 Å². The van der Waals surface area contributed by atoms with E-state index < -0.39 is 17.7 Å². The quantitative estimate of drug-likeness (QED) is 0.401. The van der Waals surface area contributed by atoms with E-state index in [2.05, 4.69) is 42.1 Å². The summed E-state index contributed by atoms with van der Waals surface area (Å²) >= 11 is 0. The lowest BCUT2D eigenvalue weighted by Crippen LogP contribution is -2.29. The molecule has 37 heavy (non-hydrogen) atoms. The molecule has 3 aromatic rings. The Morgan fingerprint density at radius 1 is 1.27 bits per heavy atom. The number of aliphatic hydroxyl groups excluding tert-OH is 1. The SMILES string of the molecule is C#CCCC1(CCNC(=O)c2nonc2Cn2nnc3c(N4CC[C@H](O)C4)nc(C(C)(C)C)nc32)N=N1. The van der Waals surface area contributed by atoms with Crippen LogP contribution in [0.3, 0.4) is 0 Å². The van der Waals surface area contributed by atoms with Crippen LogP contribution in [0.5, 0.6) is 0 Å². The first-order valence-electron chi connectivity index (χ1n) is 12.2. The van der Waals surface area contributed by atoms with Crippen molar-refractivity contribution in [3.05, 3.63) is 17.2 Å². The van der Waals surface area contributed by atoms with Gasteiger partial charge in [-0.1, -0.05) is 31.1 Å². The fraction of sp³-hybridized carbons (Fsp3) is 0.609. The minimum atomic E-state index is -0.488. The van der Waals surface area contributed by atoms with Crippen molar-refractivity contribution >= 4 is 22.9 Å². The molecular formula is C23H29N11O3. The molecule has 14 heteroatoms. The van der Waals surface area contributed by atoms with Crippen molar-refractivity contribution in [3.63, 3.8) is 0 Å². The summed E-state index contributed by atoms with van der Waals surface area (Å²) in [7, 11) is 0. The number of fused-ring (bicyclic) bond motifs is 1. The van der Waals surface area contributed by atoms with Crippen LogP contribution in [0.15, 0.2) is 14.9 Å². The van der Waals surface area contributed by atoms with Crippen molar-refractivity contribution in [1.82, 2.24) is 40.6 Å². The van der Waals surface area contributed by atoms with Crippen molar-refractivity contribution in [2.45, 2.75) is 70.2 Å². The maximum atomic E-state index is 12.8. The number of hydrogen-bond acceptors (Lipinski definition) is 12. The van der Waals surface area contributed by atoms with E-state index in [1.807, 2.05) is 25.7 Å². The van der Waals surface area contributed by atoms with Gasteiger partial charge in [0.1, 0.15) is 11.5 Å². The highest BCUT2D eigenvalue weighted by atomic mass is 16.6. The first kappa shape index (κ1) is 24.7. The monoisotopic (exact) mass is 507 g/mol. The molecule has 1 amide bonds. The molecule has 0 unspecified atom stereocenters. The Kier molecular flexibility index (Phi) is 6.32. The van der Waals surface area contributed by atoms with Crippen LogP contribution in [-0.2, 0) is 12.0 Å².